The van der Waals surface area contributed by atoms with E-state index in [9.17, 15) is 14.7 Å². The van der Waals surface area contributed by atoms with Crippen molar-refractivity contribution in [3.05, 3.63) is 41.5 Å². The van der Waals surface area contributed by atoms with Crippen LogP contribution in [0.4, 0.5) is 0 Å². The molecule has 0 radical (unpaired) electrons. The van der Waals surface area contributed by atoms with Gasteiger partial charge in [-0.2, -0.15) is 0 Å². The van der Waals surface area contributed by atoms with Gasteiger partial charge < -0.3 is 14.7 Å². The molecule has 2 rings (SSSR count). The quantitative estimate of drug-likeness (QED) is 0.849. The Morgan fingerprint density at radius 3 is 2.86 bits per heavy atom. The summed E-state index contributed by atoms with van der Waals surface area (Å²) in [5, 5.41) is 9.18. The third kappa shape index (κ3) is 3.87. The molecule has 1 aromatic carbocycles. The van der Waals surface area contributed by atoms with Gasteiger partial charge in [0.1, 0.15) is 18.4 Å². The van der Waals surface area contributed by atoms with Crippen LogP contribution in [0.5, 0.6) is 5.75 Å². The standard InChI is InChI=1S/C17H21NO4/c1-12(2)8-10-22-14-6-3-5-13(11-14)16(19)18-9-4-7-15(18)17(20)21/h3,5-6,8,11,15H,4,7,9-10H2,1-2H3,(H,20,21). The molecule has 1 aliphatic rings. The average molecular weight is 303 g/mol. The van der Waals surface area contributed by atoms with Crippen molar-refractivity contribution in [3.63, 3.8) is 0 Å². The Hall–Kier alpha value is -2.30. The van der Waals surface area contributed by atoms with Gasteiger partial charge in [-0.3, -0.25) is 4.79 Å². The highest BCUT2D eigenvalue weighted by atomic mass is 16.5. The van der Waals surface area contributed by atoms with Crippen LogP contribution in [0, 0.1) is 0 Å². The van der Waals surface area contributed by atoms with Crippen molar-refractivity contribution >= 4 is 11.9 Å². The summed E-state index contributed by atoms with van der Waals surface area (Å²) in [6.45, 7) is 4.91. The average Bonchev–Trinajstić information content (AvgIpc) is 2.96. The lowest BCUT2D eigenvalue weighted by atomic mass is 10.1. The summed E-state index contributed by atoms with van der Waals surface area (Å²) in [4.78, 5) is 25.1. The molecule has 22 heavy (non-hydrogen) atoms. The molecule has 1 saturated heterocycles. The van der Waals surface area contributed by atoms with Crippen LogP contribution in [0.2, 0.25) is 0 Å². The number of ether oxygens (including phenoxy) is 1. The zero-order valence-electron chi connectivity index (χ0n) is 12.9. The smallest absolute Gasteiger partial charge is 0.326 e. The molecule has 0 spiro atoms. The first-order valence-electron chi connectivity index (χ1n) is 7.39. The van der Waals surface area contributed by atoms with Crippen molar-refractivity contribution in [2.75, 3.05) is 13.2 Å². The number of benzene rings is 1. The molecule has 1 atom stereocenters. The summed E-state index contributed by atoms with van der Waals surface area (Å²) in [5.74, 6) is -0.589. The first-order chi connectivity index (χ1) is 10.5. The van der Waals surface area contributed by atoms with Crippen LogP contribution in [-0.2, 0) is 4.79 Å². The molecule has 1 fully saturated rings. The highest BCUT2D eigenvalue weighted by Gasteiger charge is 2.34. The third-order valence-corrected chi connectivity index (χ3v) is 3.62. The van der Waals surface area contributed by atoms with Crippen LogP contribution < -0.4 is 4.74 Å². The Balaban J connectivity index is 2.10. The van der Waals surface area contributed by atoms with E-state index in [-0.39, 0.29) is 5.91 Å². The van der Waals surface area contributed by atoms with Gasteiger partial charge in [0.05, 0.1) is 0 Å². The van der Waals surface area contributed by atoms with Gasteiger partial charge in [-0.05, 0) is 51.0 Å². The molecule has 5 heteroatoms. The lowest BCUT2D eigenvalue weighted by Crippen LogP contribution is -2.40. The maximum atomic E-state index is 12.5. The van der Waals surface area contributed by atoms with Gasteiger partial charge in [-0.1, -0.05) is 11.6 Å². The zero-order valence-corrected chi connectivity index (χ0v) is 12.9. The molecule has 0 aliphatic carbocycles. The monoisotopic (exact) mass is 303 g/mol. The molecule has 0 saturated carbocycles. The minimum absolute atomic E-state index is 0.252. The van der Waals surface area contributed by atoms with Crippen molar-refractivity contribution in [1.29, 1.82) is 0 Å². The molecule has 1 amide bonds. The van der Waals surface area contributed by atoms with E-state index in [2.05, 4.69) is 0 Å². The molecule has 1 aliphatic heterocycles. The van der Waals surface area contributed by atoms with E-state index >= 15 is 0 Å². The Kier molecular flexibility index (Phi) is 5.20. The number of allylic oxidation sites excluding steroid dienone is 1. The van der Waals surface area contributed by atoms with E-state index in [0.29, 0.717) is 30.9 Å². The number of carbonyl (C=O) groups excluding carboxylic acids is 1. The van der Waals surface area contributed by atoms with Crippen molar-refractivity contribution < 1.29 is 19.4 Å². The summed E-state index contributed by atoms with van der Waals surface area (Å²) in [6.07, 6.45) is 3.19. The van der Waals surface area contributed by atoms with Crippen LogP contribution in [0.1, 0.15) is 37.0 Å². The van der Waals surface area contributed by atoms with Crippen LogP contribution >= 0.6 is 0 Å². The van der Waals surface area contributed by atoms with Gasteiger partial charge in [0.15, 0.2) is 0 Å². The summed E-state index contributed by atoms with van der Waals surface area (Å²) in [5.41, 5.74) is 1.62. The highest BCUT2D eigenvalue weighted by molar-refractivity contribution is 5.97. The van der Waals surface area contributed by atoms with Crippen LogP contribution in [0.25, 0.3) is 0 Å². The molecule has 0 aromatic heterocycles. The predicted molar refractivity (Wildman–Crippen MR) is 83.1 cm³/mol. The number of likely N-dealkylation sites (tertiary alicyclic amines) is 1. The number of amides is 1. The summed E-state index contributed by atoms with van der Waals surface area (Å²) >= 11 is 0. The van der Waals surface area contributed by atoms with Crippen molar-refractivity contribution in [1.82, 2.24) is 4.90 Å². The lowest BCUT2D eigenvalue weighted by molar-refractivity contribution is -0.141. The molecule has 1 unspecified atom stereocenters. The number of nitrogens with zero attached hydrogens (tertiary/aromatic N) is 1. The molecular weight excluding hydrogens is 282 g/mol. The SMILES string of the molecule is CC(C)=CCOc1cccc(C(=O)N2CCCC2C(=O)O)c1. The van der Waals surface area contributed by atoms with Gasteiger partial charge >= 0.3 is 5.97 Å². The van der Waals surface area contributed by atoms with E-state index in [1.807, 2.05) is 19.9 Å². The second kappa shape index (κ2) is 7.11. The molecule has 1 heterocycles. The number of rotatable bonds is 5. The maximum absolute atomic E-state index is 12.5. The van der Waals surface area contributed by atoms with Crippen LogP contribution in [0.15, 0.2) is 35.9 Å². The molecule has 1 N–H and O–H groups in total. The molecule has 0 bridgehead atoms. The van der Waals surface area contributed by atoms with E-state index in [1.54, 1.807) is 24.3 Å². The second-order valence-electron chi connectivity index (χ2n) is 5.62. The molecular formula is C17H21NO4. The van der Waals surface area contributed by atoms with E-state index < -0.39 is 12.0 Å². The van der Waals surface area contributed by atoms with Crippen molar-refractivity contribution in [2.45, 2.75) is 32.7 Å². The largest absolute Gasteiger partial charge is 0.490 e. The fourth-order valence-corrected chi connectivity index (χ4v) is 2.46. The normalized spacial score (nSPS) is 17.2. The van der Waals surface area contributed by atoms with Gasteiger partial charge in [0, 0.05) is 12.1 Å². The molecule has 118 valence electrons. The zero-order chi connectivity index (χ0) is 16.1. The highest BCUT2D eigenvalue weighted by Crippen LogP contribution is 2.22. The van der Waals surface area contributed by atoms with Crippen LogP contribution in [0.3, 0.4) is 0 Å². The first kappa shape index (κ1) is 16.1. The van der Waals surface area contributed by atoms with E-state index in [4.69, 9.17) is 4.74 Å². The Morgan fingerprint density at radius 1 is 1.41 bits per heavy atom. The van der Waals surface area contributed by atoms with Gasteiger partial charge in [-0.25, -0.2) is 4.79 Å². The Morgan fingerprint density at radius 2 is 2.18 bits per heavy atom. The summed E-state index contributed by atoms with van der Waals surface area (Å²) in [6, 6.07) is 6.17. The Bertz CT molecular complexity index is 590. The Labute approximate surface area is 130 Å². The fraction of sp³-hybridized carbons (Fsp3) is 0.412. The van der Waals surface area contributed by atoms with Crippen molar-refractivity contribution in [3.8, 4) is 5.75 Å². The number of aliphatic carboxylic acids is 1. The fourth-order valence-electron chi connectivity index (χ4n) is 2.46. The number of carboxylic acids is 1. The second-order valence-corrected chi connectivity index (χ2v) is 5.62. The summed E-state index contributed by atoms with van der Waals surface area (Å²) in [7, 11) is 0. The molecule has 5 nitrogen and oxygen atoms in total. The van der Waals surface area contributed by atoms with E-state index in [1.165, 1.54) is 4.90 Å². The lowest BCUT2D eigenvalue weighted by Gasteiger charge is -2.21. The number of hydrogen-bond acceptors (Lipinski definition) is 3. The van der Waals surface area contributed by atoms with Gasteiger partial charge in [-0.15, -0.1) is 0 Å². The maximum Gasteiger partial charge on any atom is 0.326 e. The molecule has 1 aromatic rings. The first-order valence-corrected chi connectivity index (χ1v) is 7.39. The van der Waals surface area contributed by atoms with E-state index in [0.717, 1.165) is 12.0 Å². The van der Waals surface area contributed by atoms with Crippen molar-refractivity contribution in [2.24, 2.45) is 0 Å². The number of carbonyl (C=O) groups is 2. The predicted octanol–water partition coefficient (Wildman–Crippen LogP) is 2.72. The third-order valence-electron chi connectivity index (χ3n) is 3.62. The topological polar surface area (TPSA) is 66.8 Å². The van der Waals surface area contributed by atoms with Crippen LogP contribution in [-0.4, -0.2) is 41.1 Å². The number of carboxylic acid groups (broad SMARTS) is 1. The van der Waals surface area contributed by atoms with Gasteiger partial charge in [0.25, 0.3) is 5.91 Å². The minimum atomic E-state index is -0.943. The summed E-state index contributed by atoms with van der Waals surface area (Å²) < 4.78 is 5.58. The minimum Gasteiger partial charge on any atom is -0.490 e. The van der Waals surface area contributed by atoms with Gasteiger partial charge in [0.2, 0.25) is 0 Å². The number of hydrogen-bond donors (Lipinski definition) is 1.